The molecule has 3 heteroatoms. The van der Waals surface area contributed by atoms with E-state index in [0.717, 1.165) is 9.13 Å². The molecule has 1 unspecified atom stereocenters. The molecule has 0 saturated carbocycles. The van der Waals surface area contributed by atoms with Gasteiger partial charge in [-0.25, -0.2) is 0 Å². The number of halogens is 1. The number of ether oxygens (including phenoxy) is 1. The molecular weight excluding hydrogens is 279 g/mol. The van der Waals surface area contributed by atoms with Gasteiger partial charge in [0, 0.05) is 10.7 Å². The van der Waals surface area contributed by atoms with Crippen LogP contribution in [0.5, 0.6) is 0 Å². The lowest BCUT2D eigenvalue weighted by molar-refractivity contribution is -0.0208. The minimum absolute atomic E-state index is 0.313. The Bertz CT molecular complexity index is 267. The van der Waals surface area contributed by atoms with E-state index in [9.17, 15) is 5.11 Å². The molecule has 0 aliphatic heterocycles. The van der Waals surface area contributed by atoms with E-state index in [1.165, 1.54) is 0 Å². The van der Waals surface area contributed by atoms with Crippen molar-refractivity contribution in [3.63, 3.8) is 0 Å². The summed E-state index contributed by atoms with van der Waals surface area (Å²) in [6.45, 7) is 2.06. The van der Waals surface area contributed by atoms with Crippen LogP contribution in [0.4, 0.5) is 0 Å². The summed E-state index contributed by atoms with van der Waals surface area (Å²) in [4.78, 5) is 0. The van der Waals surface area contributed by atoms with E-state index >= 15 is 0 Å². The summed E-state index contributed by atoms with van der Waals surface area (Å²) < 4.78 is 6.10. The highest BCUT2D eigenvalue weighted by Gasteiger charge is 2.22. The molecule has 0 heterocycles. The number of hydrogen-bond acceptors (Lipinski definition) is 2. The molecule has 0 spiro atoms. The number of benzene rings is 1. The first-order chi connectivity index (χ1) is 6.06. The molecule has 0 saturated heterocycles. The normalized spacial score (nSPS) is 15.4. The predicted octanol–water partition coefficient (Wildman–Crippen LogP) is 2.15. The number of rotatable bonds is 3. The van der Waals surface area contributed by atoms with E-state index in [1.54, 1.807) is 14.0 Å². The van der Waals surface area contributed by atoms with Gasteiger partial charge in [-0.15, -0.1) is 0 Å². The van der Waals surface area contributed by atoms with Gasteiger partial charge in [-0.05, 0) is 47.2 Å². The van der Waals surface area contributed by atoms with Crippen LogP contribution in [0, 0.1) is 3.57 Å². The molecule has 0 aliphatic carbocycles. The Kier molecular flexibility index (Phi) is 3.70. The van der Waals surface area contributed by atoms with Gasteiger partial charge in [0.1, 0.15) is 5.60 Å². The molecule has 1 rings (SSSR count). The third-order valence-corrected chi connectivity index (χ3v) is 2.61. The van der Waals surface area contributed by atoms with Crippen molar-refractivity contribution >= 4 is 22.6 Å². The molecule has 1 aromatic carbocycles. The highest BCUT2D eigenvalue weighted by Crippen LogP contribution is 2.21. The topological polar surface area (TPSA) is 29.5 Å². The van der Waals surface area contributed by atoms with Gasteiger partial charge < -0.3 is 9.84 Å². The second-order valence-corrected chi connectivity index (χ2v) is 4.46. The second-order valence-electron chi connectivity index (χ2n) is 3.21. The zero-order chi connectivity index (χ0) is 9.90. The lowest BCUT2D eigenvalue weighted by atomic mass is 9.97. The van der Waals surface area contributed by atoms with E-state index in [0.29, 0.717) is 6.61 Å². The van der Waals surface area contributed by atoms with Crippen LogP contribution in [-0.4, -0.2) is 18.8 Å². The first kappa shape index (κ1) is 10.9. The molecule has 1 atom stereocenters. The lowest BCUT2D eigenvalue weighted by Gasteiger charge is -2.22. The van der Waals surface area contributed by atoms with Gasteiger partial charge >= 0.3 is 0 Å². The van der Waals surface area contributed by atoms with E-state index < -0.39 is 5.60 Å². The largest absolute Gasteiger partial charge is 0.383 e. The fourth-order valence-corrected chi connectivity index (χ4v) is 1.53. The van der Waals surface area contributed by atoms with Crippen LogP contribution in [0.15, 0.2) is 24.3 Å². The molecule has 0 bridgehead atoms. The summed E-state index contributed by atoms with van der Waals surface area (Å²) in [6.07, 6.45) is 0. The van der Waals surface area contributed by atoms with Gasteiger partial charge in [-0.3, -0.25) is 0 Å². The Morgan fingerprint density at radius 1 is 1.38 bits per heavy atom. The summed E-state index contributed by atoms with van der Waals surface area (Å²) in [7, 11) is 1.58. The molecule has 0 aromatic heterocycles. The van der Waals surface area contributed by atoms with Crippen molar-refractivity contribution in [2.45, 2.75) is 12.5 Å². The summed E-state index contributed by atoms with van der Waals surface area (Å²) in [5, 5.41) is 9.95. The third-order valence-electron chi connectivity index (χ3n) is 1.89. The lowest BCUT2D eigenvalue weighted by Crippen LogP contribution is -2.26. The van der Waals surface area contributed by atoms with Crippen molar-refractivity contribution in [3.05, 3.63) is 33.4 Å². The monoisotopic (exact) mass is 292 g/mol. The van der Waals surface area contributed by atoms with Crippen LogP contribution in [0.25, 0.3) is 0 Å². The standard InChI is InChI=1S/C10H13IO2/c1-10(12,7-13-2)8-3-5-9(11)6-4-8/h3-6,12H,7H2,1-2H3. The maximum Gasteiger partial charge on any atom is 0.110 e. The molecule has 13 heavy (non-hydrogen) atoms. The van der Waals surface area contributed by atoms with Crippen molar-refractivity contribution in [1.82, 2.24) is 0 Å². The number of aliphatic hydroxyl groups is 1. The molecule has 0 aliphatic rings. The quantitative estimate of drug-likeness (QED) is 0.865. The fourth-order valence-electron chi connectivity index (χ4n) is 1.17. The van der Waals surface area contributed by atoms with Crippen LogP contribution in [-0.2, 0) is 10.3 Å². The van der Waals surface area contributed by atoms with Gasteiger partial charge in [0.05, 0.1) is 6.61 Å². The average molecular weight is 292 g/mol. The average Bonchev–Trinajstić information content (AvgIpc) is 2.05. The van der Waals surface area contributed by atoms with Crippen molar-refractivity contribution < 1.29 is 9.84 Å². The van der Waals surface area contributed by atoms with E-state index in [2.05, 4.69) is 22.6 Å². The Hall–Kier alpha value is -0.130. The van der Waals surface area contributed by atoms with Gasteiger partial charge in [-0.2, -0.15) is 0 Å². The minimum Gasteiger partial charge on any atom is -0.383 e. The van der Waals surface area contributed by atoms with Crippen LogP contribution in [0.1, 0.15) is 12.5 Å². The van der Waals surface area contributed by atoms with Crippen LogP contribution in [0.2, 0.25) is 0 Å². The van der Waals surface area contributed by atoms with E-state index in [4.69, 9.17) is 4.74 Å². The molecule has 2 nitrogen and oxygen atoms in total. The van der Waals surface area contributed by atoms with Gasteiger partial charge in [0.15, 0.2) is 0 Å². The minimum atomic E-state index is -0.890. The highest BCUT2D eigenvalue weighted by molar-refractivity contribution is 14.1. The number of hydrogen-bond donors (Lipinski definition) is 1. The van der Waals surface area contributed by atoms with Crippen LogP contribution in [0.3, 0.4) is 0 Å². The maximum absolute atomic E-state index is 9.95. The molecule has 0 radical (unpaired) electrons. The second kappa shape index (κ2) is 4.39. The Labute approximate surface area is 92.1 Å². The summed E-state index contributed by atoms with van der Waals surface area (Å²) in [5.41, 5.74) is -0.00575. The van der Waals surface area contributed by atoms with Gasteiger partial charge in [0.2, 0.25) is 0 Å². The van der Waals surface area contributed by atoms with Crippen molar-refractivity contribution in [2.24, 2.45) is 0 Å². The Morgan fingerprint density at radius 2 is 1.92 bits per heavy atom. The summed E-state index contributed by atoms with van der Waals surface area (Å²) in [6, 6.07) is 7.78. The molecule has 72 valence electrons. The first-order valence-electron chi connectivity index (χ1n) is 4.03. The Morgan fingerprint density at radius 3 is 2.38 bits per heavy atom. The molecule has 1 N–H and O–H groups in total. The summed E-state index contributed by atoms with van der Waals surface area (Å²) >= 11 is 2.23. The van der Waals surface area contributed by atoms with Crippen molar-refractivity contribution in [3.8, 4) is 0 Å². The van der Waals surface area contributed by atoms with Crippen LogP contribution < -0.4 is 0 Å². The molecule has 0 fully saturated rings. The zero-order valence-corrected chi connectivity index (χ0v) is 9.91. The highest BCUT2D eigenvalue weighted by atomic mass is 127. The van der Waals surface area contributed by atoms with Crippen molar-refractivity contribution in [2.75, 3.05) is 13.7 Å². The third kappa shape index (κ3) is 2.93. The SMILES string of the molecule is COCC(C)(O)c1ccc(I)cc1. The summed E-state index contributed by atoms with van der Waals surface area (Å²) in [5.74, 6) is 0. The predicted molar refractivity (Wildman–Crippen MR) is 60.6 cm³/mol. The van der Waals surface area contributed by atoms with Gasteiger partial charge in [0.25, 0.3) is 0 Å². The first-order valence-corrected chi connectivity index (χ1v) is 5.11. The van der Waals surface area contributed by atoms with Crippen molar-refractivity contribution in [1.29, 1.82) is 0 Å². The van der Waals surface area contributed by atoms with Crippen LogP contribution >= 0.6 is 22.6 Å². The van der Waals surface area contributed by atoms with Gasteiger partial charge in [-0.1, -0.05) is 12.1 Å². The van der Waals surface area contributed by atoms with E-state index in [1.807, 2.05) is 24.3 Å². The fraction of sp³-hybridized carbons (Fsp3) is 0.400. The molecular formula is C10H13IO2. The zero-order valence-electron chi connectivity index (χ0n) is 7.75. The Balaban J connectivity index is 2.87. The smallest absolute Gasteiger partial charge is 0.110 e. The molecule has 0 amide bonds. The van der Waals surface area contributed by atoms with E-state index in [-0.39, 0.29) is 0 Å². The maximum atomic E-state index is 9.95. The molecule has 1 aromatic rings. The number of methoxy groups -OCH3 is 1.